The number of thiazole rings is 1. The standard InChI is InChI=1S/C27H24Cl2FN9S/c1-38(2)6-3-7-39-13-23(36-37-39)27(24-14-40-15-33-24)35-18-8-19-25(34-17-4-5-22(30)20(28)9-17)16(11-31)12-32-26(19)21(29)10-18/h4-5,8-10,12-15,27,35H,3,6-7H2,1-2H3,(H,32,34). The van der Waals surface area contributed by atoms with E-state index in [9.17, 15) is 9.65 Å². The number of nitriles is 1. The van der Waals surface area contributed by atoms with E-state index in [1.165, 1.54) is 29.7 Å². The van der Waals surface area contributed by atoms with Gasteiger partial charge in [-0.25, -0.2) is 9.37 Å². The molecule has 13 heteroatoms. The van der Waals surface area contributed by atoms with Gasteiger partial charge in [-0.15, -0.1) is 16.4 Å². The van der Waals surface area contributed by atoms with E-state index in [1.807, 2.05) is 36.4 Å². The van der Waals surface area contributed by atoms with E-state index < -0.39 is 11.9 Å². The molecule has 0 bridgehead atoms. The first-order valence-corrected chi connectivity index (χ1v) is 14.0. The molecule has 0 saturated heterocycles. The lowest BCUT2D eigenvalue weighted by Crippen LogP contribution is -2.15. The average molecular weight is 597 g/mol. The minimum atomic E-state index is -0.537. The van der Waals surface area contributed by atoms with Crippen molar-refractivity contribution in [2.45, 2.75) is 19.0 Å². The van der Waals surface area contributed by atoms with Crippen molar-refractivity contribution < 1.29 is 4.39 Å². The van der Waals surface area contributed by atoms with Crippen molar-refractivity contribution in [2.75, 3.05) is 31.3 Å². The van der Waals surface area contributed by atoms with E-state index in [4.69, 9.17) is 23.2 Å². The Bertz CT molecular complexity index is 1680. The number of aromatic nitrogens is 5. The SMILES string of the molecule is CN(C)CCCn1cc(C(Nc2cc(Cl)c3ncc(C#N)c(Nc4ccc(F)c(Cl)c4)c3c2)c2cscn2)nn1. The van der Waals surface area contributed by atoms with Crippen molar-refractivity contribution in [3.63, 3.8) is 0 Å². The van der Waals surface area contributed by atoms with Gasteiger partial charge in [-0.2, -0.15) is 5.26 Å². The summed E-state index contributed by atoms with van der Waals surface area (Å²) in [6.07, 6.45) is 4.30. The number of hydrogen-bond acceptors (Lipinski definition) is 9. The summed E-state index contributed by atoms with van der Waals surface area (Å²) in [5.74, 6) is -0.537. The van der Waals surface area contributed by atoms with Crippen LogP contribution in [0.3, 0.4) is 0 Å². The summed E-state index contributed by atoms with van der Waals surface area (Å²) >= 11 is 14.2. The largest absolute Gasteiger partial charge is 0.371 e. The first-order valence-electron chi connectivity index (χ1n) is 12.3. The lowest BCUT2D eigenvalue weighted by molar-refractivity contribution is 0.379. The van der Waals surface area contributed by atoms with Gasteiger partial charge in [-0.1, -0.05) is 28.4 Å². The molecular weight excluding hydrogens is 572 g/mol. The van der Waals surface area contributed by atoms with E-state index in [0.717, 1.165) is 25.2 Å². The lowest BCUT2D eigenvalue weighted by atomic mass is 10.1. The zero-order valence-corrected chi connectivity index (χ0v) is 23.9. The van der Waals surface area contributed by atoms with Crippen LogP contribution in [0.4, 0.5) is 21.5 Å². The summed E-state index contributed by atoms with van der Waals surface area (Å²) < 4.78 is 15.6. The molecule has 0 fully saturated rings. The number of anilines is 3. The number of pyridine rings is 1. The summed E-state index contributed by atoms with van der Waals surface area (Å²) in [6, 6.07) is 9.62. The fourth-order valence-electron chi connectivity index (χ4n) is 4.21. The van der Waals surface area contributed by atoms with Crippen molar-refractivity contribution in [3.8, 4) is 6.07 Å². The van der Waals surface area contributed by atoms with Gasteiger partial charge in [0.2, 0.25) is 0 Å². The van der Waals surface area contributed by atoms with Gasteiger partial charge >= 0.3 is 0 Å². The molecule has 1 unspecified atom stereocenters. The van der Waals surface area contributed by atoms with Crippen molar-refractivity contribution in [2.24, 2.45) is 0 Å². The summed E-state index contributed by atoms with van der Waals surface area (Å²) in [7, 11) is 4.07. The molecule has 3 aromatic heterocycles. The Labute approximate surface area is 244 Å². The highest BCUT2D eigenvalue weighted by molar-refractivity contribution is 7.07. The predicted molar refractivity (Wildman–Crippen MR) is 157 cm³/mol. The molecule has 0 aliphatic heterocycles. The van der Waals surface area contributed by atoms with Crippen LogP contribution in [-0.4, -0.2) is 50.5 Å². The van der Waals surface area contributed by atoms with Crippen LogP contribution >= 0.6 is 34.5 Å². The maximum absolute atomic E-state index is 13.7. The van der Waals surface area contributed by atoms with Crippen LogP contribution < -0.4 is 10.6 Å². The molecule has 5 rings (SSSR count). The van der Waals surface area contributed by atoms with Crippen molar-refractivity contribution in [1.29, 1.82) is 5.26 Å². The Morgan fingerprint density at radius 1 is 1.12 bits per heavy atom. The molecule has 3 heterocycles. The fourth-order valence-corrected chi connectivity index (χ4v) is 5.24. The van der Waals surface area contributed by atoms with Gasteiger partial charge in [-0.3, -0.25) is 9.67 Å². The Kier molecular flexibility index (Phi) is 8.42. The highest BCUT2D eigenvalue weighted by Gasteiger charge is 2.22. The van der Waals surface area contributed by atoms with Gasteiger partial charge in [0.15, 0.2) is 0 Å². The monoisotopic (exact) mass is 595 g/mol. The molecule has 0 aliphatic carbocycles. The van der Waals surface area contributed by atoms with E-state index >= 15 is 0 Å². The Morgan fingerprint density at radius 2 is 1.95 bits per heavy atom. The third kappa shape index (κ3) is 6.16. The van der Waals surface area contributed by atoms with Crippen LogP contribution in [0.15, 0.2) is 53.6 Å². The third-order valence-electron chi connectivity index (χ3n) is 6.14. The molecule has 2 aromatic carbocycles. The minimum Gasteiger partial charge on any atom is -0.371 e. The average Bonchev–Trinajstić information content (AvgIpc) is 3.62. The summed E-state index contributed by atoms with van der Waals surface area (Å²) in [5.41, 5.74) is 5.68. The number of halogens is 3. The Balaban J connectivity index is 1.52. The maximum Gasteiger partial charge on any atom is 0.141 e. The smallest absolute Gasteiger partial charge is 0.141 e. The van der Waals surface area contributed by atoms with Crippen LogP contribution in [0.25, 0.3) is 10.9 Å². The summed E-state index contributed by atoms with van der Waals surface area (Å²) in [5, 5.41) is 28.1. The van der Waals surface area contributed by atoms with E-state index in [1.54, 1.807) is 17.6 Å². The molecule has 1 atom stereocenters. The second-order valence-electron chi connectivity index (χ2n) is 9.32. The van der Waals surface area contributed by atoms with Crippen LogP contribution in [0.2, 0.25) is 10.0 Å². The topological polar surface area (TPSA) is 108 Å². The molecule has 5 aromatic rings. The van der Waals surface area contributed by atoms with Crippen LogP contribution in [0.5, 0.6) is 0 Å². The number of nitrogens with one attached hydrogen (secondary N) is 2. The first-order chi connectivity index (χ1) is 19.3. The highest BCUT2D eigenvalue weighted by atomic mass is 35.5. The third-order valence-corrected chi connectivity index (χ3v) is 7.32. The molecule has 0 aliphatic rings. The molecule has 0 radical (unpaired) electrons. The molecule has 40 heavy (non-hydrogen) atoms. The lowest BCUT2D eigenvalue weighted by Gasteiger charge is -2.18. The Morgan fingerprint density at radius 3 is 2.67 bits per heavy atom. The number of rotatable bonds is 10. The summed E-state index contributed by atoms with van der Waals surface area (Å²) in [4.78, 5) is 11.0. The molecule has 9 nitrogen and oxygen atoms in total. The van der Waals surface area contributed by atoms with Crippen molar-refractivity contribution >= 4 is 62.5 Å². The molecule has 0 amide bonds. The van der Waals surface area contributed by atoms with Gasteiger partial charge in [0.25, 0.3) is 0 Å². The number of fused-ring (bicyclic) bond motifs is 1. The van der Waals surface area contributed by atoms with E-state index in [0.29, 0.717) is 38.7 Å². The minimum absolute atomic E-state index is 0.0388. The number of aryl methyl sites for hydroxylation is 1. The summed E-state index contributed by atoms with van der Waals surface area (Å²) in [6.45, 7) is 1.68. The van der Waals surface area contributed by atoms with Gasteiger partial charge < -0.3 is 15.5 Å². The highest BCUT2D eigenvalue weighted by Crippen LogP contribution is 2.37. The predicted octanol–water partition coefficient (Wildman–Crippen LogP) is 6.50. The zero-order valence-electron chi connectivity index (χ0n) is 21.6. The van der Waals surface area contributed by atoms with Crippen LogP contribution in [0, 0.1) is 17.1 Å². The van der Waals surface area contributed by atoms with Crippen molar-refractivity contribution in [1.82, 2.24) is 29.9 Å². The molecule has 204 valence electrons. The van der Waals surface area contributed by atoms with Crippen molar-refractivity contribution in [3.05, 3.63) is 86.4 Å². The molecule has 0 spiro atoms. The number of benzene rings is 2. The van der Waals surface area contributed by atoms with Crippen LogP contribution in [-0.2, 0) is 6.54 Å². The van der Waals surface area contributed by atoms with Gasteiger partial charge in [0.05, 0.1) is 44.2 Å². The quantitative estimate of drug-likeness (QED) is 0.188. The van der Waals surface area contributed by atoms with Crippen LogP contribution in [0.1, 0.15) is 29.4 Å². The molecule has 0 saturated carbocycles. The van der Waals surface area contributed by atoms with Gasteiger partial charge in [0, 0.05) is 34.9 Å². The van der Waals surface area contributed by atoms with E-state index in [-0.39, 0.29) is 10.6 Å². The molecule has 2 N–H and O–H groups in total. The number of hydrogen-bond donors (Lipinski definition) is 2. The molecular formula is C27H24Cl2FN9S. The first kappa shape index (κ1) is 27.7. The number of nitrogens with zero attached hydrogens (tertiary/aromatic N) is 7. The normalized spacial score (nSPS) is 12.0. The van der Waals surface area contributed by atoms with E-state index in [2.05, 4.69) is 41.9 Å². The second kappa shape index (κ2) is 12.1. The second-order valence-corrected chi connectivity index (χ2v) is 10.9. The zero-order chi connectivity index (χ0) is 28.2. The Hall–Kier alpha value is -3.82. The fraction of sp³-hybridized carbons (Fsp3) is 0.222. The van der Waals surface area contributed by atoms with Gasteiger partial charge in [-0.05, 0) is 57.4 Å². The van der Waals surface area contributed by atoms with Gasteiger partial charge in [0.1, 0.15) is 23.6 Å². The maximum atomic E-state index is 13.7.